The molecular formula is C17H21ClN4O3. The Morgan fingerprint density at radius 2 is 2.24 bits per heavy atom. The summed E-state index contributed by atoms with van der Waals surface area (Å²) in [6.07, 6.45) is -1.21. The zero-order valence-corrected chi connectivity index (χ0v) is 15.0. The third-order valence-corrected chi connectivity index (χ3v) is 5.02. The fraction of sp³-hybridized carbons (Fsp3) is 0.529. The van der Waals surface area contributed by atoms with Crippen molar-refractivity contribution in [1.29, 1.82) is 5.26 Å². The Kier molecular flexibility index (Phi) is 4.78. The first-order valence-electron chi connectivity index (χ1n) is 8.15. The minimum absolute atomic E-state index is 0.143. The molecule has 0 spiro atoms. The lowest BCUT2D eigenvalue weighted by molar-refractivity contribution is -0.116. The molecule has 1 unspecified atom stereocenters. The molecule has 1 aromatic rings. The van der Waals surface area contributed by atoms with Gasteiger partial charge < -0.3 is 14.7 Å². The molecule has 0 radical (unpaired) electrons. The molecule has 2 aliphatic heterocycles. The largest absolute Gasteiger partial charge is 0.465 e. The van der Waals surface area contributed by atoms with Crippen LogP contribution in [0.4, 0.5) is 16.2 Å². The summed E-state index contributed by atoms with van der Waals surface area (Å²) in [5.41, 5.74) is 1.13. The molecule has 134 valence electrons. The van der Waals surface area contributed by atoms with Crippen molar-refractivity contribution in [3.8, 4) is 6.07 Å². The van der Waals surface area contributed by atoms with Gasteiger partial charge in [0.1, 0.15) is 0 Å². The van der Waals surface area contributed by atoms with Gasteiger partial charge in [-0.2, -0.15) is 5.26 Å². The van der Waals surface area contributed by atoms with E-state index in [4.69, 9.17) is 21.4 Å². The number of hydrogen-bond acceptors (Lipinski definition) is 5. The third kappa shape index (κ3) is 3.82. The van der Waals surface area contributed by atoms with Crippen LogP contribution in [0.5, 0.6) is 0 Å². The quantitative estimate of drug-likeness (QED) is 0.838. The number of carboxylic acid groups (broad SMARTS) is 1. The number of piperazine rings is 1. The Balaban J connectivity index is 1.85. The molecule has 7 nitrogen and oxygen atoms in total. The molecule has 0 aromatic heterocycles. The summed E-state index contributed by atoms with van der Waals surface area (Å²) >= 11 is 6.41. The standard InChI is InChI=1S/C17H21ClN4O3/c1-17(2)10-22-4-3-21(8-12(22)9-25-17)14-6-11(7-19)5-13(15(14)18)20-16(23)24/h5-6,12,20H,3-4,8-10H2,1-2H3,(H,23,24). The summed E-state index contributed by atoms with van der Waals surface area (Å²) in [4.78, 5) is 15.5. The minimum atomic E-state index is -1.21. The van der Waals surface area contributed by atoms with Gasteiger partial charge in [0, 0.05) is 26.2 Å². The Bertz CT molecular complexity index is 731. The first-order valence-corrected chi connectivity index (χ1v) is 8.53. The third-order valence-electron chi connectivity index (χ3n) is 4.62. The summed E-state index contributed by atoms with van der Waals surface area (Å²) in [7, 11) is 0. The van der Waals surface area contributed by atoms with E-state index in [2.05, 4.69) is 35.0 Å². The molecule has 25 heavy (non-hydrogen) atoms. The van der Waals surface area contributed by atoms with E-state index in [1.165, 1.54) is 6.07 Å². The van der Waals surface area contributed by atoms with Crippen LogP contribution in [-0.2, 0) is 4.74 Å². The van der Waals surface area contributed by atoms with E-state index in [9.17, 15) is 10.1 Å². The fourth-order valence-electron chi connectivity index (χ4n) is 3.44. The molecule has 2 aliphatic rings. The van der Waals surface area contributed by atoms with Crippen LogP contribution in [0, 0.1) is 11.3 Å². The number of carbonyl (C=O) groups is 1. The Labute approximate surface area is 151 Å². The van der Waals surface area contributed by atoms with Gasteiger partial charge in [0.15, 0.2) is 0 Å². The molecular weight excluding hydrogens is 344 g/mol. The van der Waals surface area contributed by atoms with E-state index in [1.54, 1.807) is 6.07 Å². The van der Waals surface area contributed by atoms with Crippen molar-refractivity contribution >= 4 is 29.1 Å². The predicted molar refractivity (Wildman–Crippen MR) is 95.4 cm³/mol. The lowest BCUT2D eigenvalue weighted by atomic mass is 10.0. The SMILES string of the molecule is CC1(C)CN2CCN(c3cc(C#N)cc(NC(=O)O)c3Cl)CC2CO1. The first kappa shape index (κ1) is 17.8. The van der Waals surface area contributed by atoms with Crippen LogP contribution in [0.3, 0.4) is 0 Å². The van der Waals surface area contributed by atoms with E-state index in [0.29, 0.717) is 22.9 Å². The van der Waals surface area contributed by atoms with E-state index in [0.717, 1.165) is 26.2 Å². The van der Waals surface area contributed by atoms with Crippen LogP contribution in [-0.4, -0.2) is 60.5 Å². The minimum Gasteiger partial charge on any atom is -0.465 e. The maximum Gasteiger partial charge on any atom is 0.409 e. The maximum absolute atomic E-state index is 11.0. The zero-order chi connectivity index (χ0) is 18.2. The van der Waals surface area contributed by atoms with Crippen molar-refractivity contribution in [2.75, 3.05) is 43.0 Å². The number of benzene rings is 1. The van der Waals surface area contributed by atoms with Gasteiger partial charge in [0.05, 0.1) is 46.3 Å². The highest BCUT2D eigenvalue weighted by Crippen LogP contribution is 2.36. The second-order valence-electron chi connectivity index (χ2n) is 7.04. The Hall–Kier alpha value is -2.01. The fourth-order valence-corrected chi connectivity index (χ4v) is 3.72. The summed E-state index contributed by atoms with van der Waals surface area (Å²) < 4.78 is 5.93. The van der Waals surface area contributed by atoms with Crippen LogP contribution < -0.4 is 10.2 Å². The van der Waals surface area contributed by atoms with Gasteiger partial charge >= 0.3 is 6.09 Å². The molecule has 2 fully saturated rings. The van der Waals surface area contributed by atoms with Gasteiger partial charge in [-0.25, -0.2) is 4.79 Å². The number of nitriles is 1. The molecule has 2 heterocycles. The number of nitrogens with zero attached hydrogens (tertiary/aromatic N) is 3. The van der Waals surface area contributed by atoms with Gasteiger partial charge in [0.25, 0.3) is 0 Å². The Morgan fingerprint density at radius 3 is 2.92 bits per heavy atom. The van der Waals surface area contributed by atoms with Crippen LogP contribution >= 0.6 is 11.6 Å². The average Bonchev–Trinajstić information content (AvgIpc) is 2.55. The molecule has 2 N–H and O–H groups in total. The molecule has 2 saturated heterocycles. The maximum atomic E-state index is 11.0. The summed E-state index contributed by atoms with van der Waals surface area (Å²) in [6.45, 7) is 8.04. The number of hydrogen-bond donors (Lipinski definition) is 2. The lowest BCUT2D eigenvalue weighted by Crippen LogP contribution is -2.62. The number of ether oxygens (including phenoxy) is 1. The highest BCUT2D eigenvalue weighted by atomic mass is 35.5. The van der Waals surface area contributed by atoms with Crippen LogP contribution in [0.25, 0.3) is 0 Å². The van der Waals surface area contributed by atoms with Crippen molar-refractivity contribution in [1.82, 2.24) is 4.90 Å². The van der Waals surface area contributed by atoms with Crippen molar-refractivity contribution in [2.45, 2.75) is 25.5 Å². The number of morpholine rings is 1. The van der Waals surface area contributed by atoms with E-state index >= 15 is 0 Å². The van der Waals surface area contributed by atoms with Crippen LogP contribution in [0.2, 0.25) is 5.02 Å². The van der Waals surface area contributed by atoms with E-state index < -0.39 is 6.09 Å². The first-order chi connectivity index (χ1) is 11.8. The van der Waals surface area contributed by atoms with Gasteiger partial charge in [-0.15, -0.1) is 0 Å². The van der Waals surface area contributed by atoms with Crippen molar-refractivity contribution in [2.24, 2.45) is 0 Å². The topological polar surface area (TPSA) is 88.8 Å². The molecule has 8 heteroatoms. The zero-order valence-electron chi connectivity index (χ0n) is 14.3. The number of amides is 1. The van der Waals surface area contributed by atoms with Gasteiger partial charge in [-0.05, 0) is 26.0 Å². The van der Waals surface area contributed by atoms with Crippen molar-refractivity contribution in [3.05, 3.63) is 22.7 Å². The van der Waals surface area contributed by atoms with Gasteiger partial charge in [0.2, 0.25) is 0 Å². The molecule has 1 aromatic carbocycles. The van der Waals surface area contributed by atoms with Crippen molar-refractivity contribution in [3.63, 3.8) is 0 Å². The molecule has 0 aliphatic carbocycles. The summed E-state index contributed by atoms with van der Waals surface area (Å²) in [5.74, 6) is 0. The molecule has 1 amide bonds. The highest BCUT2D eigenvalue weighted by Gasteiger charge is 2.37. The normalized spacial score (nSPS) is 22.8. The Morgan fingerprint density at radius 1 is 1.48 bits per heavy atom. The van der Waals surface area contributed by atoms with Gasteiger partial charge in [-0.1, -0.05) is 11.6 Å². The van der Waals surface area contributed by atoms with Gasteiger partial charge in [-0.3, -0.25) is 10.2 Å². The number of nitrogens with one attached hydrogen (secondary N) is 1. The lowest BCUT2D eigenvalue weighted by Gasteiger charge is -2.49. The molecule has 3 rings (SSSR count). The highest BCUT2D eigenvalue weighted by molar-refractivity contribution is 6.36. The van der Waals surface area contributed by atoms with Crippen molar-refractivity contribution < 1.29 is 14.6 Å². The monoisotopic (exact) mass is 364 g/mol. The summed E-state index contributed by atoms with van der Waals surface area (Å²) in [5, 5.41) is 20.8. The second kappa shape index (κ2) is 6.71. The number of halogens is 1. The summed E-state index contributed by atoms with van der Waals surface area (Å²) in [6, 6.07) is 5.46. The number of fused-ring (bicyclic) bond motifs is 1. The van der Waals surface area contributed by atoms with E-state index in [1.807, 2.05) is 0 Å². The predicted octanol–water partition coefficient (Wildman–Crippen LogP) is 2.60. The average molecular weight is 365 g/mol. The van der Waals surface area contributed by atoms with Crippen LogP contribution in [0.15, 0.2) is 12.1 Å². The smallest absolute Gasteiger partial charge is 0.409 e. The molecule has 0 saturated carbocycles. The van der Waals surface area contributed by atoms with E-state index in [-0.39, 0.29) is 17.3 Å². The molecule has 0 bridgehead atoms. The second-order valence-corrected chi connectivity index (χ2v) is 7.42. The number of anilines is 2. The number of rotatable bonds is 2. The van der Waals surface area contributed by atoms with Crippen LogP contribution in [0.1, 0.15) is 19.4 Å². The molecule has 1 atom stereocenters.